The van der Waals surface area contributed by atoms with Crippen LogP contribution in [0.15, 0.2) is 223 Å². The number of esters is 1. The van der Waals surface area contributed by atoms with Crippen molar-refractivity contribution in [3.05, 3.63) is 250 Å². The lowest BCUT2D eigenvalue weighted by atomic mass is 9.84. The topological polar surface area (TPSA) is 281 Å². The maximum atomic E-state index is 12.8. The van der Waals surface area contributed by atoms with E-state index in [1.54, 1.807) is 7.11 Å². The Morgan fingerprint density at radius 3 is 0.953 bits per heavy atom. The summed E-state index contributed by atoms with van der Waals surface area (Å²) in [5, 5.41) is 12.6. The van der Waals surface area contributed by atoms with Gasteiger partial charge in [0.05, 0.1) is 100 Å². The van der Waals surface area contributed by atoms with Gasteiger partial charge in [0.25, 0.3) is 16.6 Å². The zero-order valence-electron chi connectivity index (χ0n) is 77.2. The molecule has 0 saturated carbocycles. The molecule has 0 aliphatic carbocycles. The second kappa shape index (κ2) is 43.6. The van der Waals surface area contributed by atoms with Crippen molar-refractivity contribution in [2.24, 2.45) is 57.6 Å². The summed E-state index contributed by atoms with van der Waals surface area (Å²) >= 11 is 0. The van der Waals surface area contributed by atoms with Crippen LogP contribution >= 0.6 is 0 Å². The molecular formula is C100H134N6O19Si2. The van der Waals surface area contributed by atoms with Gasteiger partial charge in [-0.1, -0.05) is 319 Å². The summed E-state index contributed by atoms with van der Waals surface area (Å²) in [6.45, 7) is 37.7. The number of ether oxygens (including phenoxy) is 16. The molecule has 7 aromatic carbocycles. The van der Waals surface area contributed by atoms with E-state index in [2.05, 4.69) is 162 Å². The van der Waals surface area contributed by atoms with Crippen LogP contribution in [0.1, 0.15) is 141 Å². The number of azide groups is 2. The van der Waals surface area contributed by atoms with Crippen LogP contribution in [0, 0.1) is 47.3 Å². The third-order valence-electron chi connectivity index (χ3n) is 27.3. The summed E-state index contributed by atoms with van der Waals surface area (Å²) in [7, 11) is -4.80. The van der Waals surface area contributed by atoms with Crippen LogP contribution in [-0.2, 0) is 109 Å². The number of rotatable bonds is 34. The van der Waals surface area contributed by atoms with Gasteiger partial charge in [-0.2, -0.15) is 0 Å². The third-order valence-corrected chi connectivity index (χ3v) is 37.3. The van der Waals surface area contributed by atoms with Crippen LogP contribution in [-0.4, -0.2) is 185 Å². The standard InChI is InChI=1S/C100H134N6O19Si2/c1-61-62(2)93(108-19)118-81(59-113-126(99(13,14)15,76-47-33-23-34-48-76)77-49-35-24-36-50-77)86(61)121-95-67(7)89(111-56-74-43-29-21-30-44-74)92(70(10)116-95)125-98-84(104-106-102)65(5)88(82(120-98)60-114-127(100(16,17)18,78-51-37-25-38-52-78)79-53-39-26-40-54-79)123-96-68(8)90(112-57-75-45-31-22-32-46-75)91(71(11)117-96)124-97-83(103-105-101)64(4)87(80(119-97)58-109-72(12)107)122-94-66(6)85(63(3)69(9)115-94)110-55-73-41-27-20-28-42-73/h20-54,61-71,80-98H,55-60H2,1-19H3/t61-,62?,63-,64-,65-,66?,67?,68?,69?,70?,71?,80?,81?,82?,83?,84?,85-,86+,87+,88+,89+,90+,91-,92-,93+,94+,95+,96+,97-,98-/m1/s1. The molecular weight excluding hydrogens is 1650 g/mol. The normalized spacial score (nSPS) is 33.9. The smallest absolute Gasteiger partial charge is 0.302 e. The highest BCUT2D eigenvalue weighted by Crippen LogP contribution is 2.47. The Bertz CT molecular complexity index is 4570. The van der Waals surface area contributed by atoms with E-state index in [0.29, 0.717) is 6.61 Å². The largest absolute Gasteiger partial charge is 0.463 e. The van der Waals surface area contributed by atoms with Crippen molar-refractivity contribution in [2.45, 2.75) is 290 Å². The molecule has 25 nitrogen and oxygen atoms in total. The van der Waals surface area contributed by atoms with Gasteiger partial charge in [0, 0.05) is 53.4 Å². The molecule has 6 aliphatic rings. The average Bonchev–Trinajstić information content (AvgIpc) is 0.744. The second-order valence-electron chi connectivity index (χ2n) is 37.8. The van der Waals surface area contributed by atoms with Crippen molar-refractivity contribution in [2.75, 3.05) is 26.9 Å². The van der Waals surface area contributed by atoms with Gasteiger partial charge in [-0.05, 0) is 97.1 Å². The molecule has 0 aromatic heterocycles. The van der Waals surface area contributed by atoms with Gasteiger partial charge < -0.3 is 84.6 Å². The number of hydrogen-bond acceptors (Lipinski definition) is 21. The zero-order chi connectivity index (χ0) is 90.5. The molecule has 13 rings (SSSR count). The van der Waals surface area contributed by atoms with Crippen molar-refractivity contribution >= 4 is 43.4 Å². The van der Waals surface area contributed by atoms with Gasteiger partial charge in [0.2, 0.25) is 0 Å². The Labute approximate surface area is 752 Å². The molecule has 0 radical (unpaired) electrons. The quantitative estimate of drug-likeness (QED) is 0.0119. The minimum Gasteiger partial charge on any atom is -0.463 e. The first kappa shape index (κ1) is 96.9. The SMILES string of the molecule is CO[C@H]1OC(CO[Si](c2ccccc2)(c2ccccc2)C(C)(C)C)[C@@H](O[C@@H]2OC(C)[C@@H](O[C@H]3OC(CO[Si](c4ccccc4)(c4ccccc4)C(C)(C)C)[C@@H](O[C@@H]4OC(C)[C@@H](O[C@H]5OC(COC(C)=O)[C@@H](O[C@@H]6OC(C)[C@@H](C)[C@@H](OCc7ccccc7)C6C)[C@H](C)C5N=[N+]=[N-])[C@@H](OCc5ccccc5)C4C)[C@H](C)C3N=[N+]=[N-])[C@@H](OCc3ccccc3)C2C)[C@H](C)C1C. The molecule has 0 amide bonds. The van der Waals surface area contributed by atoms with E-state index in [1.807, 2.05) is 188 Å². The van der Waals surface area contributed by atoms with E-state index in [4.69, 9.17) is 84.6 Å². The van der Waals surface area contributed by atoms with E-state index < -0.39 is 174 Å². The molecule has 30 atom stereocenters. The van der Waals surface area contributed by atoms with Crippen molar-refractivity contribution in [3.8, 4) is 0 Å². The Balaban J connectivity index is 0.821. The third kappa shape index (κ3) is 21.9. The molecule has 12 unspecified atom stereocenters. The Kier molecular flexibility index (Phi) is 33.3. The van der Waals surface area contributed by atoms with Crippen LogP contribution in [0.2, 0.25) is 10.1 Å². The van der Waals surface area contributed by atoms with Crippen LogP contribution < -0.4 is 20.7 Å². The maximum Gasteiger partial charge on any atom is 0.302 e. The van der Waals surface area contributed by atoms with Crippen LogP contribution in [0.25, 0.3) is 20.9 Å². The zero-order valence-corrected chi connectivity index (χ0v) is 79.2. The van der Waals surface area contributed by atoms with Crippen LogP contribution in [0.4, 0.5) is 0 Å². The monoisotopic (exact) mass is 1780 g/mol. The Hall–Kier alpha value is -7.62. The molecule has 0 N–H and O–H groups in total. The maximum absolute atomic E-state index is 12.8. The Morgan fingerprint density at radius 2 is 0.630 bits per heavy atom. The summed E-state index contributed by atoms with van der Waals surface area (Å²) in [4.78, 5) is 19.8. The molecule has 6 aliphatic heterocycles. The highest BCUT2D eigenvalue weighted by atomic mass is 28.4. The predicted molar refractivity (Wildman–Crippen MR) is 488 cm³/mol. The highest BCUT2D eigenvalue weighted by molar-refractivity contribution is 7.00. The predicted octanol–water partition coefficient (Wildman–Crippen LogP) is 16.9. The summed E-state index contributed by atoms with van der Waals surface area (Å²) in [6, 6.07) is 69.8. The first-order chi connectivity index (χ1) is 61.0. The second-order valence-corrected chi connectivity index (χ2v) is 46.4. The van der Waals surface area contributed by atoms with Crippen molar-refractivity contribution in [3.63, 3.8) is 0 Å². The number of nitrogens with zero attached hydrogens (tertiary/aromatic N) is 6. The van der Waals surface area contributed by atoms with E-state index in [9.17, 15) is 15.9 Å². The van der Waals surface area contributed by atoms with E-state index >= 15 is 0 Å². The average molecular weight is 1780 g/mol. The van der Waals surface area contributed by atoms with Gasteiger partial charge in [-0.25, -0.2) is 0 Å². The van der Waals surface area contributed by atoms with Crippen molar-refractivity contribution in [1.82, 2.24) is 0 Å². The highest BCUT2D eigenvalue weighted by Gasteiger charge is 2.59. The van der Waals surface area contributed by atoms with E-state index in [1.165, 1.54) is 6.92 Å². The van der Waals surface area contributed by atoms with Crippen LogP contribution in [0.3, 0.4) is 0 Å². The molecule has 7 aromatic rings. The minimum absolute atomic E-state index is 0.00609. The summed E-state index contributed by atoms with van der Waals surface area (Å²) in [6.07, 6.45) is -16.2. The number of carbonyl (C=O) groups is 1. The fourth-order valence-corrected chi connectivity index (χ4v) is 29.1. The fourth-order valence-electron chi connectivity index (χ4n) is 19.9. The molecule has 6 saturated heterocycles. The lowest BCUT2D eigenvalue weighted by Gasteiger charge is -2.52. The van der Waals surface area contributed by atoms with E-state index in [0.717, 1.165) is 37.4 Å². The molecule has 27 heteroatoms. The van der Waals surface area contributed by atoms with Crippen LogP contribution in [0.5, 0.6) is 0 Å². The number of hydrogen-bond donors (Lipinski definition) is 0. The Morgan fingerprint density at radius 1 is 0.339 bits per heavy atom. The minimum atomic E-state index is -3.38. The molecule has 6 fully saturated rings. The first-order valence-electron chi connectivity index (χ1n) is 45.4. The van der Waals surface area contributed by atoms with Gasteiger partial charge >= 0.3 is 5.97 Å². The number of benzene rings is 7. The van der Waals surface area contributed by atoms with Gasteiger partial charge in [0.15, 0.2) is 37.7 Å². The van der Waals surface area contributed by atoms with Crippen molar-refractivity contribution in [1.29, 1.82) is 0 Å². The van der Waals surface area contributed by atoms with Gasteiger partial charge in [-0.15, -0.1) is 0 Å². The number of carbonyl (C=O) groups excluding carboxylic acids is 1. The lowest BCUT2D eigenvalue weighted by Crippen LogP contribution is -2.68. The molecule has 686 valence electrons. The van der Waals surface area contributed by atoms with Crippen molar-refractivity contribution < 1.29 is 89.4 Å². The molecule has 127 heavy (non-hydrogen) atoms. The summed E-state index contributed by atoms with van der Waals surface area (Å²) in [5.74, 6) is -3.50. The van der Waals surface area contributed by atoms with E-state index in [-0.39, 0.29) is 74.0 Å². The lowest BCUT2D eigenvalue weighted by molar-refractivity contribution is -0.370. The molecule has 0 bridgehead atoms. The number of methoxy groups -OCH3 is 1. The summed E-state index contributed by atoms with van der Waals surface area (Å²) in [5.41, 5.74) is 24.4. The fraction of sp³-hybridized carbons (Fsp3) is 0.570. The van der Waals surface area contributed by atoms with Gasteiger partial charge in [0.1, 0.15) is 37.1 Å². The van der Waals surface area contributed by atoms with Gasteiger partial charge in [-0.3, -0.25) is 4.79 Å². The molecule has 0 spiro atoms. The first-order valence-corrected chi connectivity index (χ1v) is 49.2. The molecule has 6 heterocycles. The summed E-state index contributed by atoms with van der Waals surface area (Å²) < 4.78 is 128.